The first-order valence-electron chi connectivity index (χ1n) is 20.7. The first-order valence-corrected chi connectivity index (χ1v) is 20.7. The van der Waals surface area contributed by atoms with Gasteiger partial charge in [-0.05, 0) is 34.7 Å². The van der Waals surface area contributed by atoms with Gasteiger partial charge in [0.2, 0.25) is 0 Å². The van der Waals surface area contributed by atoms with Crippen LogP contribution in [-0.2, 0) is 0 Å². The normalized spacial score (nSPS) is 11.5. The van der Waals surface area contributed by atoms with E-state index in [9.17, 15) is 0 Å². The number of pyridine rings is 1. The molecule has 0 saturated heterocycles. The van der Waals surface area contributed by atoms with E-state index in [1.807, 2.05) is 60.7 Å². The molecule has 0 fully saturated rings. The van der Waals surface area contributed by atoms with Crippen molar-refractivity contribution in [1.29, 1.82) is 0 Å². The maximum atomic E-state index is 6.30. The monoisotopic (exact) mass is 793 g/mol. The zero-order valence-corrected chi connectivity index (χ0v) is 33.4. The number of para-hydroxylation sites is 1. The summed E-state index contributed by atoms with van der Waals surface area (Å²) in [5.41, 5.74) is 13.6. The number of aromatic nitrogens is 5. The van der Waals surface area contributed by atoms with Crippen LogP contribution in [0.5, 0.6) is 0 Å². The minimum absolute atomic E-state index is 0.573. The third kappa shape index (κ3) is 5.88. The molecule has 0 N–H and O–H groups in total. The second kappa shape index (κ2) is 14.7. The van der Waals surface area contributed by atoms with Crippen molar-refractivity contribution in [2.45, 2.75) is 0 Å². The van der Waals surface area contributed by atoms with E-state index in [2.05, 4.69) is 156 Å². The van der Waals surface area contributed by atoms with Crippen LogP contribution in [0, 0.1) is 0 Å². The summed E-state index contributed by atoms with van der Waals surface area (Å²) in [4.78, 5) is 15.6. The Morgan fingerprint density at radius 3 is 1.60 bits per heavy atom. The number of fused-ring (bicyclic) bond motifs is 6. The molecule has 0 aliphatic heterocycles. The van der Waals surface area contributed by atoms with Crippen LogP contribution in [0.25, 0.3) is 117 Å². The van der Waals surface area contributed by atoms with Gasteiger partial charge in [0, 0.05) is 55.1 Å². The van der Waals surface area contributed by atoms with Crippen LogP contribution in [-0.4, -0.2) is 24.6 Å². The van der Waals surface area contributed by atoms with Crippen LogP contribution in [0.3, 0.4) is 0 Å². The highest BCUT2D eigenvalue weighted by atomic mass is 16.3. The van der Waals surface area contributed by atoms with E-state index in [1.54, 1.807) is 0 Å². The highest BCUT2D eigenvalue weighted by Gasteiger charge is 2.26. The van der Waals surface area contributed by atoms with Gasteiger partial charge in [0.15, 0.2) is 17.5 Å². The molecule has 0 spiro atoms. The molecule has 12 aromatic rings. The zero-order valence-electron chi connectivity index (χ0n) is 33.4. The third-order valence-electron chi connectivity index (χ3n) is 11.7. The fourth-order valence-corrected chi connectivity index (χ4v) is 8.92. The topological polar surface area (TPSA) is 69.1 Å². The average Bonchev–Trinajstić information content (AvgIpc) is 3.94. The standard InChI is InChI=1S/C56H35N5O/c1-5-19-36(20-6-1)49-51(37-21-7-2-8-22-37)60-61-52(38-23-9-3-10-24-38)48(42-29-13-14-30-43(42)53(49)61)40-27-17-28-41(35-40)55-57-54(39-25-11-4-12-26-39)58-56(59-55)45-32-18-34-47-50(45)44-31-15-16-33-46(44)62-47/h1-35H. The van der Waals surface area contributed by atoms with E-state index >= 15 is 0 Å². The van der Waals surface area contributed by atoms with E-state index in [4.69, 9.17) is 24.5 Å². The molecule has 290 valence electrons. The smallest absolute Gasteiger partial charge is 0.164 e. The van der Waals surface area contributed by atoms with Gasteiger partial charge in [-0.25, -0.2) is 19.5 Å². The Kier molecular flexibility index (Phi) is 8.38. The summed E-state index contributed by atoms with van der Waals surface area (Å²) in [5, 5.41) is 9.78. The molecule has 8 aromatic carbocycles. The number of furan rings is 1. The summed E-state index contributed by atoms with van der Waals surface area (Å²) in [6, 6.07) is 73.3. The van der Waals surface area contributed by atoms with Crippen molar-refractivity contribution in [3.63, 3.8) is 0 Å². The number of benzene rings is 8. The van der Waals surface area contributed by atoms with Gasteiger partial charge in [0.05, 0.1) is 11.2 Å². The van der Waals surface area contributed by atoms with Gasteiger partial charge < -0.3 is 4.42 Å². The molecule has 0 aliphatic rings. The van der Waals surface area contributed by atoms with Crippen molar-refractivity contribution in [3.05, 3.63) is 212 Å². The molecule has 0 unspecified atom stereocenters. The minimum Gasteiger partial charge on any atom is -0.456 e. The lowest BCUT2D eigenvalue weighted by atomic mass is 9.90. The van der Waals surface area contributed by atoms with Crippen LogP contribution >= 0.6 is 0 Å². The highest BCUT2D eigenvalue weighted by molar-refractivity contribution is 6.15. The Balaban J connectivity index is 1.13. The third-order valence-corrected chi connectivity index (χ3v) is 11.7. The van der Waals surface area contributed by atoms with Crippen molar-refractivity contribution >= 4 is 38.2 Å². The van der Waals surface area contributed by atoms with Crippen LogP contribution < -0.4 is 0 Å². The minimum atomic E-state index is 0.573. The van der Waals surface area contributed by atoms with Crippen LogP contribution in [0.1, 0.15) is 0 Å². The average molecular weight is 794 g/mol. The molecular weight excluding hydrogens is 759 g/mol. The first kappa shape index (κ1) is 35.5. The Hall–Kier alpha value is -8.48. The van der Waals surface area contributed by atoms with Crippen LogP contribution in [0.4, 0.5) is 0 Å². The number of nitrogens with zero attached hydrogens (tertiary/aromatic N) is 5. The predicted molar refractivity (Wildman–Crippen MR) is 251 cm³/mol. The lowest BCUT2D eigenvalue weighted by Gasteiger charge is -2.18. The maximum absolute atomic E-state index is 6.30. The molecule has 4 aromatic heterocycles. The van der Waals surface area contributed by atoms with Crippen LogP contribution in [0.15, 0.2) is 217 Å². The molecule has 12 rings (SSSR count). The lowest BCUT2D eigenvalue weighted by molar-refractivity contribution is 0.669. The fraction of sp³-hybridized carbons (Fsp3) is 0. The molecule has 4 heterocycles. The maximum Gasteiger partial charge on any atom is 0.164 e. The molecule has 62 heavy (non-hydrogen) atoms. The molecule has 0 aliphatic carbocycles. The van der Waals surface area contributed by atoms with Gasteiger partial charge in [0.25, 0.3) is 0 Å². The van der Waals surface area contributed by atoms with Crippen molar-refractivity contribution in [3.8, 4) is 78.9 Å². The highest BCUT2D eigenvalue weighted by Crippen LogP contribution is 2.46. The molecule has 0 saturated carbocycles. The van der Waals surface area contributed by atoms with E-state index in [1.165, 1.54) is 0 Å². The van der Waals surface area contributed by atoms with Crippen molar-refractivity contribution in [2.75, 3.05) is 0 Å². The van der Waals surface area contributed by atoms with Crippen molar-refractivity contribution < 1.29 is 4.42 Å². The van der Waals surface area contributed by atoms with E-state index < -0.39 is 0 Å². The van der Waals surface area contributed by atoms with Gasteiger partial charge in [-0.1, -0.05) is 194 Å². The molecule has 0 bridgehead atoms. The Bertz CT molecular complexity index is 3620. The number of rotatable bonds is 7. The zero-order chi connectivity index (χ0) is 41.0. The largest absolute Gasteiger partial charge is 0.456 e. The molecule has 6 heteroatoms. The van der Waals surface area contributed by atoms with Gasteiger partial charge in [0.1, 0.15) is 16.9 Å². The lowest BCUT2D eigenvalue weighted by Crippen LogP contribution is -2.02. The molecule has 0 radical (unpaired) electrons. The molecule has 6 nitrogen and oxygen atoms in total. The van der Waals surface area contributed by atoms with Gasteiger partial charge in [-0.2, -0.15) is 5.10 Å². The Morgan fingerprint density at radius 1 is 0.355 bits per heavy atom. The predicted octanol–water partition coefficient (Wildman–Crippen LogP) is 14.2. The number of hydrogen-bond donors (Lipinski definition) is 0. The fourth-order valence-electron chi connectivity index (χ4n) is 8.92. The SMILES string of the molecule is c1ccc(-c2nc(-c3cccc(-c4c(-c5ccccc5)n5nc(-c6ccccc6)c(-c6ccccc6)c5c5ccccc45)c3)nc(-c3cccc4oc5ccccc5c34)n2)cc1. The van der Waals surface area contributed by atoms with Crippen molar-refractivity contribution in [2.24, 2.45) is 0 Å². The molecular formula is C56H35N5O. The summed E-state index contributed by atoms with van der Waals surface area (Å²) < 4.78 is 8.48. The summed E-state index contributed by atoms with van der Waals surface area (Å²) in [7, 11) is 0. The molecule has 0 amide bonds. The van der Waals surface area contributed by atoms with E-state index in [-0.39, 0.29) is 0 Å². The molecule has 0 atom stereocenters. The summed E-state index contributed by atoms with van der Waals surface area (Å²) >= 11 is 0. The van der Waals surface area contributed by atoms with Gasteiger partial charge in [-0.15, -0.1) is 0 Å². The van der Waals surface area contributed by atoms with E-state index in [0.29, 0.717) is 17.5 Å². The summed E-state index contributed by atoms with van der Waals surface area (Å²) in [6.07, 6.45) is 0. The van der Waals surface area contributed by atoms with Gasteiger partial charge in [-0.3, -0.25) is 0 Å². The van der Waals surface area contributed by atoms with Crippen LogP contribution in [0.2, 0.25) is 0 Å². The van der Waals surface area contributed by atoms with E-state index in [0.717, 1.165) is 99.7 Å². The second-order valence-electron chi connectivity index (χ2n) is 15.4. The quantitative estimate of drug-likeness (QED) is 0.161. The summed E-state index contributed by atoms with van der Waals surface area (Å²) in [6.45, 7) is 0. The second-order valence-corrected chi connectivity index (χ2v) is 15.4. The van der Waals surface area contributed by atoms with Crippen molar-refractivity contribution in [1.82, 2.24) is 24.6 Å². The first-order chi connectivity index (χ1) is 30.8. The Morgan fingerprint density at radius 2 is 0.871 bits per heavy atom. The number of hydrogen-bond acceptors (Lipinski definition) is 5. The van der Waals surface area contributed by atoms with Gasteiger partial charge >= 0.3 is 0 Å². The Labute approximate surface area is 357 Å². The summed E-state index contributed by atoms with van der Waals surface area (Å²) in [5.74, 6) is 1.74.